The number of rotatable bonds is 10. The zero-order valence-electron chi connectivity index (χ0n) is 23.1. The molecule has 0 aliphatic heterocycles. The number of benzene rings is 4. The summed E-state index contributed by atoms with van der Waals surface area (Å²) < 4.78 is 22.4. The average Bonchev–Trinajstić information content (AvgIpc) is 2.94. The summed E-state index contributed by atoms with van der Waals surface area (Å²) >= 11 is 0. The van der Waals surface area contributed by atoms with E-state index in [1.165, 1.54) is 12.2 Å². The molecular formula is C34H32O6. The number of hydrogen-bond acceptors (Lipinski definition) is 6. The fourth-order valence-corrected chi connectivity index (χ4v) is 4.14. The van der Waals surface area contributed by atoms with Crippen LogP contribution in [-0.4, -0.2) is 25.2 Å². The second-order valence-electron chi connectivity index (χ2n) is 9.02. The minimum Gasteiger partial charge on any atom is -0.463 e. The SMILES string of the molecule is CCOC(=O)C=C(C)c1ccc(Oc2cccc3c(Oc4ccc(/C(C)=C/C(=O)OCC)cc4)cccc23)cc1. The molecule has 6 nitrogen and oxygen atoms in total. The molecule has 0 atom stereocenters. The van der Waals surface area contributed by atoms with Crippen LogP contribution in [0, 0.1) is 0 Å². The molecule has 6 heteroatoms. The molecule has 0 saturated carbocycles. The third-order valence-electron chi connectivity index (χ3n) is 6.16. The van der Waals surface area contributed by atoms with Crippen LogP contribution in [0.15, 0.2) is 97.1 Å². The Morgan fingerprint density at radius 1 is 0.575 bits per heavy atom. The highest BCUT2D eigenvalue weighted by Crippen LogP contribution is 2.37. The standard InChI is InChI=1S/C34H32O6/c1-5-37-33(35)21-23(3)25-13-17-27(18-14-25)39-31-11-7-10-30-29(31)9-8-12-32(30)40-28-19-15-26(16-20-28)24(4)22-34(36)38-6-2/h7-22H,5-6H2,1-4H3/b23-21+,24-22?. The summed E-state index contributed by atoms with van der Waals surface area (Å²) in [5.41, 5.74) is 3.45. The first kappa shape index (κ1) is 28.2. The average molecular weight is 537 g/mol. The van der Waals surface area contributed by atoms with Crippen LogP contribution in [-0.2, 0) is 19.1 Å². The van der Waals surface area contributed by atoms with Crippen molar-refractivity contribution in [3.63, 3.8) is 0 Å². The molecule has 0 aliphatic rings. The molecule has 0 amide bonds. The Morgan fingerprint density at radius 2 is 0.950 bits per heavy atom. The molecule has 40 heavy (non-hydrogen) atoms. The Labute approximate surface area is 234 Å². The van der Waals surface area contributed by atoms with Gasteiger partial charge in [0.2, 0.25) is 0 Å². The lowest BCUT2D eigenvalue weighted by molar-refractivity contribution is -0.138. The van der Waals surface area contributed by atoms with E-state index in [2.05, 4.69) is 0 Å². The molecule has 0 aliphatic carbocycles. The van der Waals surface area contributed by atoms with Crippen molar-refractivity contribution in [2.24, 2.45) is 0 Å². The van der Waals surface area contributed by atoms with Crippen molar-refractivity contribution >= 4 is 33.9 Å². The van der Waals surface area contributed by atoms with Crippen LogP contribution in [0.1, 0.15) is 38.8 Å². The summed E-state index contributed by atoms with van der Waals surface area (Å²) in [6, 6.07) is 26.8. The van der Waals surface area contributed by atoms with E-state index in [1.807, 2.05) is 98.8 Å². The van der Waals surface area contributed by atoms with E-state index in [0.29, 0.717) is 36.2 Å². The molecule has 0 aromatic heterocycles. The Bertz CT molecular complexity index is 1430. The number of fused-ring (bicyclic) bond motifs is 1. The first-order valence-corrected chi connectivity index (χ1v) is 13.2. The van der Waals surface area contributed by atoms with E-state index in [4.69, 9.17) is 18.9 Å². The first-order valence-electron chi connectivity index (χ1n) is 13.2. The van der Waals surface area contributed by atoms with E-state index >= 15 is 0 Å². The van der Waals surface area contributed by atoms with Gasteiger partial charge in [0.1, 0.15) is 23.0 Å². The summed E-state index contributed by atoms with van der Waals surface area (Å²) in [6.07, 6.45) is 2.97. The monoisotopic (exact) mass is 536 g/mol. The summed E-state index contributed by atoms with van der Waals surface area (Å²) in [7, 11) is 0. The molecule has 0 fully saturated rings. The van der Waals surface area contributed by atoms with E-state index in [9.17, 15) is 9.59 Å². The highest BCUT2D eigenvalue weighted by atomic mass is 16.5. The van der Waals surface area contributed by atoms with Gasteiger partial charge >= 0.3 is 11.9 Å². The zero-order valence-corrected chi connectivity index (χ0v) is 23.1. The fraction of sp³-hybridized carbons (Fsp3) is 0.176. The molecule has 0 N–H and O–H groups in total. The Morgan fingerprint density at radius 3 is 1.30 bits per heavy atom. The summed E-state index contributed by atoms with van der Waals surface area (Å²) in [4.78, 5) is 23.5. The molecular weight excluding hydrogens is 504 g/mol. The van der Waals surface area contributed by atoms with E-state index in [1.54, 1.807) is 13.8 Å². The van der Waals surface area contributed by atoms with Crippen LogP contribution in [0.2, 0.25) is 0 Å². The smallest absolute Gasteiger partial charge is 0.331 e. The van der Waals surface area contributed by atoms with Crippen LogP contribution in [0.4, 0.5) is 0 Å². The number of ether oxygens (including phenoxy) is 4. The van der Waals surface area contributed by atoms with Crippen molar-refractivity contribution in [3.05, 3.63) is 108 Å². The molecule has 4 rings (SSSR count). The van der Waals surface area contributed by atoms with Crippen molar-refractivity contribution in [2.75, 3.05) is 13.2 Å². The number of allylic oxidation sites excluding steroid dienone is 2. The summed E-state index contributed by atoms with van der Waals surface area (Å²) in [5.74, 6) is 2.04. The maximum absolute atomic E-state index is 11.7. The molecule has 4 aromatic rings. The first-order chi connectivity index (χ1) is 19.4. The number of esters is 2. The van der Waals surface area contributed by atoms with Crippen molar-refractivity contribution in [1.82, 2.24) is 0 Å². The molecule has 0 heterocycles. The van der Waals surface area contributed by atoms with Crippen molar-refractivity contribution in [1.29, 1.82) is 0 Å². The predicted octanol–water partition coefficient (Wildman–Crippen LogP) is 8.36. The lowest BCUT2D eigenvalue weighted by atomic mass is 10.1. The molecule has 204 valence electrons. The number of carbonyl (C=O) groups is 2. The van der Waals surface area contributed by atoms with Gasteiger partial charge < -0.3 is 18.9 Å². The number of carbonyl (C=O) groups excluding carboxylic acids is 2. The van der Waals surface area contributed by atoms with Crippen LogP contribution in [0.25, 0.3) is 21.9 Å². The van der Waals surface area contributed by atoms with Gasteiger partial charge in [-0.25, -0.2) is 9.59 Å². The number of hydrogen-bond donors (Lipinski definition) is 0. The minimum absolute atomic E-state index is 0.343. The van der Waals surface area contributed by atoms with E-state index in [0.717, 1.165) is 33.0 Å². The summed E-state index contributed by atoms with van der Waals surface area (Å²) in [6.45, 7) is 7.98. The molecule has 0 bridgehead atoms. The van der Waals surface area contributed by atoms with E-state index < -0.39 is 0 Å². The van der Waals surface area contributed by atoms with Crippen molar-refractivity contribution in [3.8, 4) is 23.0 Å². The Hall–Kier alpha value is -4.84. The minimum atomic E-state index is -0.356. The van der Waals surface area contributed by atoms with Gasteiger partial charge in [0.15, 0.2) is 0 Å². The molecule has 0 unspecified atom stereocenters. The zero-order chi connectivity index (χ0) is 28.5. The van der Waals surface area contributed by atoms with E-state index in [-0.39, 0.29) is 11.9 Å². The lowest BCUT2D eigenvalue weighted by Crippen LogP contribution is -2.00. The van der Waals surface area contributed by atoms with Gasteiger partial charge in [0.05, 0.1) is 13.2 Å². The normalized spacial score (nSPS) is 11.7. The predicted molar refractivity (Wildman–Crippen MR) is 158 cm³/mol. The quantitative estimate of drug-likeness (QED) is 0.150. The molecule has 0 saturated heterocycles. The van der Waals surface area contributed by atoms with Crippen LogP contribution in [0.5, 0.6) is 23.0 Å². The van der Waals surface area contributed by atoms with Crippen molar-refractivity contribution in [2.45, 2.75) is 27.7 Å². The Kier molecular flexibility index (Phi) is 9.36. The molecule has 4 aromatic carbocycles. The maximum atomic E-state index is 11.7. The molecule has 0 radical (unpaired) electrons. The third kappa shape index (κ3) is 7.17. The summed E-state index contributed by atoms with van der Waals surface area (Å²) in [5, 5.41) is 1.82. The molecule has 0 spiro atoms. The Balaban J connectivity index is 1.51. The van der Waals surface area contributed by atoms with Crippen molar-refractivity contribution < 1.29 is 28.5 Å². The van der Waals surface area contributed by atoms with Gasteiger partial charge in [0, 0.05) is 22.9 Å². The lowest BCUT2D eigenvalue weighted by Gasteiger charge is -2.13. The highest BCUT2D eigenvalue weighted by Gasteiger charge is 2.10. The van der Waals surface area contributed by atoms with Gasteiger partial charge in [-0.15, -0.1) is 0 Å². The fourth-order valence-electron chi connectivity index (χ4n) is 4.14. The van der Waals surface area contributed by atoms with Crippen LogP contribution >= 0.6 is 0 Å². The topological polar surface area (TPSA) is 71.1 Å². The third-order valence-corrected chi connectivity index (χ3v) is 6.16. The largest absolute Gasteiger partial charge is 0.463 e. The second-order valence-corrected chi connectivity index (χ2v) is 9.02. The van der Waals surface area contributed by atoms with Gasteiger partial charge in [-0.3, -0.25) is 0 Å². The van der Waals surface area contributed by atoms with Gasteiger partial charge in [-0.05, 0) is 86.4 Å². The van der Waals surface area contributed by atoms with Gasteiger partial charge in [-0.1, -0.05) is 48.5 Å². The highest BCUT2D eigenvalue weighted by molar-refractivity contribution is 5.94. The second kappa shape index (κ2) is 13.3. The van der Waals surface area contributed by atoms with Crippen LogP contribution < -0.4 is 9.47 Å². The maximum Gasteiger partial charge on any atom is 0.331 e. The van der Waals surface area contributed by atoms with Gasteiger partial charge in [-0.2, -0.15) is 0 Å². The van der Waals surface area contributed by atoms with Gasteiger partial charge in [0.25, 0.3) is 0 Å². The van der Waals surface area contributed by atoms with Crippen LogP contribution in [0.3, 0.4) is 0 Å².